The van der Waals surface area contributed by atoms with Gasteiger partial charge in [-0.1, -0.05) is 0 Å². The van der Waals surface area contributed by atoms with Crippen molar-refractivity contribution in [2.45, 2.75) is 26.3 Å². The van der Waals surface area contributed by atoms with Gasteiger partial charge in [0.1, 0.15) is 0 Å². The molecule has 0 saturated carbocycles. The van der Waals surface area contributed by atoms with Gasteiger partial charge in [-0.2, -0.15) is 0 Å². The van der Waals surface area contributed by atoms with E-state index in [2.05, 4.69) is 18.7 Å². The van der Waals surface area contributed by atoms with Crippen molar-refractivity contribution in [3.63, 3.8) is 0 Å². The normalized spacial score (nSPS) is 11.3. The third kappa shape index (κ3) is 4.40. The molecule has 0 heterocycles. The largest absolute Gasteiger partial charge is 0.304 e. The number of alkyl halides is 1. The minimum atomic E-state index is -0.197. The minimum absolute atomic E-state index is 0.197. The Hall–Kier alpha value is -0.110. The van der Waals surface area contributed by atoms with Crippen LogP contribution in [-0.2, 0) is 0 Å². The lowest BCUT2D eigenvalue weighted by atomic mass is 10.3. The van der Waals surface area contributed by atoms with Gasteiger partial charge >= 0.3 is 0 Å². The van der Waals surface area contributed by atoms with E-state index in [1.165, 1.54) is 0 Å². The van der Waals surface area contributed by atoms with Gasteiger partial charge in [0.25, 0.3) is 0 Å². The molecule has 0 atom stereocenters. The Bertz CT molecular complexity index is 63.9. The lowest BCUT2D eigenvalue weighted by Gasteiger charge is -2.19. The number of nitrogens with zero attached hydrogens (tertiary/aromatic N) is 1. The Morgan fingerprint density at radius 2 is 2.00 bits per heavy atom. The lowest BCUT2D eigenvalue weighted by Crippen LogP contribution is -2.27. The van der Waals surface area contributed by atoms with Gasteiger partial charge in [0.15, 0.2) is 0 Å². The number of rotatable bonds is 4. The van der Waals surface area contributed by atoms with E-state index in [4.69, 9.17) is 0 Å². The van der Waals surface area contributed by atoms with Crippen LogP contribution in [0.25, 0.3) is 0 Å². The van der Waals surface area contributed by atoms with Gasteiger partial charge in [0.2, 0.25) is 0 Å². The smallest absolute Gasteiger partial charge is 0.0906 e. The van der Waals surface area contributed by atoms with Gasteiger partial charge in [-0.05, 0) is 27.3 Å². The third-order valence-electron chi connectivity index (χ3n) is 1.53. The van der Waals surface area contributed by atoms with Gasteiger partial charge in [-0.15, -0.1) is 0 Å². The first-order valence-corrected chi connectivity index (χ1v) is 3.44. The Morgan fingerprint density at radius 3 is 2.33 bits per heavy atom. The monoisotopic (exact) mass is 133 g/mol. The van der Waals surface area contributed by atoms with Crippen LogP contribution in [0.5, 0.6) is 0 Å². The van der Waals surface area contributed by atoms with Crippen LogP contribution in [0.15, 0.2) is 0 Å². The molecule has 0 bridgehead atoms. The van der Waals surface area contributed by atoms with Crippen LogP contribution in [-0.4, -0.2) is 31.2 Å². The summed E-state index contributed by atoms with van der Waals surface area (Å²) in [4.78, 5) is 2.14. The first-order valence-electron chi connectivity index (χ1n) is 3.44. The maximum atomic E-state index is 11.6. The standard InChI is InChI=1S/C7H16FN/c1-7(2)9(3)6-4-5-8/h7H,4-6H2,1-3H3. The van der Waals surface area contributed by atoms with Crippen molar-refractivity contribution in [1.82, 2.24) is 4.90 Å². The summed E-state index contributed by atoms with van der Waals surface area (Å²) in [7, 11) is 2.01. The fourth-order valence-corrected chi connectivity index (χ4v) is 0.567. The van der Waals surface area contributed by atoms with Crippen LogP contribution in [0.3, 0.4) is 0 Å². The fraction of sp³-hybridized carbons (Fsp3) is 1.00. The molecular weight excluding hydrogens is 117 g/mol. The van der Waals surface area contributed by atoms with E-state index in [1.807, 2.05) is 7.05 Å². The highest BCUT2D eigenvalue weighted by atomic mass is 19.1. The van der Waals surface area contributed by atoms with Gasteiger partial charge in [0, 0.05) is 12.6 Å². The van der Waals surface area contributed by atoms with Crippen LogP contribution >= 0.6 is 0 Å². The van der Waals surface area contributed by atoms with Crippen LogP contribution in [0.1, 0.15) is 20.3 Å². The summed E-state index contributed by atoms with van der Waals surface area (Å²) in [5, 5.41) is 0. The van der Waals surface area contributed by atoms with Crippen molar-refractivity contribution < 1.29 is 4.39 Å². The number of hydrogen-bond acceptors (Lipinski definition) is 1. The van der Waals surface area contributed by atoms with Gasteiger partial charge in [-0.3, -0.25) is 4.39 Å². The van der Waals surface area contributed by atoms with E-state index in [-0.39, 0.29) is 6.67 Å². The van der Waals surface area contributed by atoms with E-state index in [0.29, 0.717) is 12.5 Å². The van der Waals surface area contributed by atoms with Crippen molar-refractivity contribution in [3.05, 3.63) is 0 Å². The highest BCUT2D eigenvalue weighted by molar-refractivity contribution is 4.55. The maximum Gasteiger partial charge on any atom is 0.0906 e. The highest BCUT2D eigenvalue weighted by Crippen LogP contribution is 1.94. The molecule has 0 aromatic carbocycles. The lowest BCUT2D eigenvalue weighted by molar-refractivity contribution is 0.259. The molecule has 56 valence electrons. The van der Waals surface area contributed by atoms with Crippen molar-refractivity contribution in [1.29, 1.82) is 0 Å². The second-order valence-corrected chi connectivity index (χ2v) is 2.62. The Labute approximate surface area is 56.9 Å². The SMILES string of the molecule is CC(C)N(C)CCCF. The molecule has 0 aromatic heterocycles. The van der Waals surface area contributed by atoms with E-state index >= 15 is 0 Å². The van der Waals surface area contributed by atoms with Crippen LogP contribution < -0.4 is 0 Å². The molecule has 0 N–H and O–H groups in total. The molecule has 1 nitrogen and oxygen atoms in total. The predicted octanol–water partition coefficient (Wildman–Crippen LogP) is 1.69. The van der Waals surface area contributed by atoms with E-state index in [0.717, 1.165) is 6.54 Å². The topological polar surface area (TPSA) is 3.24 Å². The maximum absolute atomic E-state index is 11.6. The van der Waals surface area contributed by atoms with Crippen LogP contribution in [0, 0.1) is 0 Å². The number of hydrogen-bond donors (Lipinski definition) is 0. The van der Waals surface area contributed by atoms with Crippen LogP contribution in [0.2, 0.25) is 0 Å². The molecule has 0 aromatic rings. The van der Waals surface area contributed by atoms with Gasteiger partial charge in [0.05, 0.1) is 6.67 Å². The summed E-state index contributed by atoms with van der Waals surface area (Å²) in [6, 6.07) is 0.538. The molecule has 0 rings (SSSR count). The van der Waals surface area contributed by atoms with Crippen LogP contribution in [0.4, 0.5) is 4.39 Å². The second-order valence-electron chi connectivity index (χ2n) is 2.62. The molecule has 2 heteroatoms. The van der Waals surface area contributed by atoms with E-state index < -0.39 is 0 Å². The van der Waals surface area contributed by atoms with Crippen molar-refractivity contribution in [3.8, 4) is 0 Å². The summed E-state index contributed by atoms with van der Waals surface area (Å²) in [6.45, 7) is 4.89. The van der Waals surface area contributed by atoms with Crippen molar-refractivity contribution >= 4 is 0 Å². The van der Waals surface area contributed by atoms with E-state index in [1.54, 1.807) is 0 Å². The predicted molar refractivity (Wildman–Crippen MR) is 38.4 cm³/mol. The van der Waals surface area contributed by atoms with Crippen molar-refractivity contribution in [2.24, 2.45) is 0 Å². The highest BCUT2D eigenvalue weighted by Gasteiger charge is 2.00. The Balaban J connectivity index is 3.16. The summed E-state index contributed by atoms with van der Waals surface area (Å²) in [6.07, 6.45) is 0.661. The van der Waals surface area contributed by atoms with Crippen molar-refractivity contribution in [2.75, 3.05) is 20.3 Å². The average Bonchev–Trinajstić information content (AvgIpc) is 1.82. The summed E-state index contributed by atoms with van der Waals surface area (Å²) in [5.74, 6) is 0. The molecule has 0 saturated heterocycles. The molecule has 0 aliphatic rings. The van der Waals surface area contributed by atoms with Gasteiger partial charge in [-0.25, -0.2) is 0 Å². The molecule has 0 aliphatic heterocycles. The Morgan fingerprint density at radius 1 is 1.44 bits per heavy atom. The quantitative estimate of drug-likeness (QED) is 0.564. The van der Waals surface area contributed by atoms with E-state index in [9.17, 15) is 4.39 Å². The molecule has 0 fully saturated rings. The summed E-state index contributed by atoms with van der Waals surface area (Å²) < 4.78 is 11.6. The molecule has 0 amide bonds. The first-order chi connectivity index (χ1) is 4.18. The Kier molecular flexibility index (Phi) is 4.68. The molecule has 0 unspecified atom stereocenters. The minimum Gasteiger partial charge on any atom is -0.304 e. The zero-order valence-electron chi connectivity index (χ0n) is 6.52. The fourth-order valence-electron chi connectivity index (χ4n) is 0.567. The first kappa shape index (κ1) is 8.89. The third-order valence-corrected chi connectivity index (χ3v) is 1.53. The molecule has 0 aliphatic carbocycles. The van der Waals surface area contributed by atoms with Gasteiger partial charge < -0.3 is 4.90 Å². The zero-order valence-corrected chi connectivity index (χ0v) is 6.52. The molecule has 9 heavy (non-hydrogen) atoms. The number of halogens is 1. The zero-order chi connectivity index (χ0) is 7.28. The molecule has 0 radical (unpaired) electrons. The summed E-state index contributed by atoms with van der Waals surface area (Å²) >= 11 is 0. The summed E-state index contributed by atoms with van der Waals surface area (Å²) in [5.41, 5.74) is 0. The second kappa shape index (κ2) is 4.74. The average molecular weight is 133 g/mol. The molecule has 0 spiro atoms. The molecular formula is C7H16FN.